The van der Waals surface area contributed by atoms with E-state index in [-0.39, 0.29) is 6.04 Å². The molecule has 86 valence electrons. The molecule has 16 heavy (non-hydrogen) atoms. The van der Waals surface area contributed by atoms with Crippen molar-refractivity contribution in [2.45, 2.75) is 13.0 Å². The Labute approximate surface area is 93.8 Å². The Morgan fingerprint density at radius 1 is 1.50 bits per heavy atom. The second-order valence-electron chi connectivity index (χ2n) is 3.65. The molecular weight excluding hydrogens is 206 g/mol. The topological polar surface area (TPSA) is 66.2 Å². The Kier molecular flexibility index (Phi) is 2.70. The van der Waals surface area contributed by atoms with Crippen molar-refractivity contribution in [2.24, 2.45) is 12.8 Å². The van der Waals surface area contributed by atoms with Crippen LogP contribution in [0.4, 0.5) is 0 Å². The molecule has 0 bridgehead atoms. The maximum atomic E-state index is 6.12. The highest BCUT2D eigenvalue weighted by molar-refractivity contribution is 5.32. The van der Waals surface area contributed by atoms with Gasteiger partial charge in [0, 0.05) is 7.05 Å². The van der Waals surface area contributed by atoms with Crippen molar-refractivity contribution < 1.29 is 9.15 Å². The zero-order chi connectivity index (χ0) is 11.7. The molecule has 1 atom stereocenters. The Hall–Kier alpha value is -1.75. The Morgan fingerprint density at radius 2 is 2.25 bits per heavy atom. The van der Waals surface area contributed by atoms with Crippen LogP contribution in [0.1, 0.15) is 23.3 Å². The highest BCUT2D eigenvalue weighted by Gasteiger charge is 2.21. The van der Waals surface area contributed by atoms with Crippen LogP contribution >= 0.6 is 0 Å². The lowest BCUT2D eigenvalue weighted by Gasteiger charge is -2.11. The maximum absolute atomic E-state index is 6.12. The Morgan fingerprint density at radius 3 is 2.81 bits per heavy atom. The summed E-state index contributed by atoms with van der Waals surface area (Å²) < 4.78 is 12.4. The van der Waals surface area contributed by atoms with Crippen molar-refractivity contribution in [1.82, 2.24) is 9.78 Å². The van der Waals surface area contributed by atoms with Gasteiger partial charge in [-0.1, -0.05) is 0 Å². The molecule has 0 spiro atoms. The molecule has 2 heterocycles. The highest BCUT2D eigenvalue weighted by atomic mass is 16.5. The fraction of sp³-hybridized carbons (Fsp3) is 0.364. The quantitative estimate of drug-likeness (QED) is 0.850. The fourth-order valence-electron chi connectivity index (χ4n) is 1.69. The third-order valence-electron chi connectivity index (χ3n) is 2.53. The smallest absolute Gasteiger partial charge is 0.162 e. The van der Waals surface area contributed by atoms with Crippen molar-refractivity contribution >= 4 is 0 Å². The van der Waals surface area contributed by atoms with E-state index >= 15 is 0 Å². The van der Waals surface area contributed by atoms with Crippen molar-refractivity contribution in [3.8, 4) is 5.75 Å². The predicted octanol–water partition coefficient (Wildman–Crippen LogP) is 1.38. The number of rotatable bonds is 3. The number of hydrogen-bond donors (Lipinski definition) is 1. The van der Waals surface area contributed by atoms with Gasteiger partial charge in [-0.3, -0.25) is 4.68 Å². The van der Waals surface area contributed by atoms with Crippen LogP contribution in [0.3, 0.4) is 0 Å². The van der Waals surface area contributed by atoms with E-state index in [0.717, 1.165) is 11.5 Å². The molecule has 0 radical (unpaired) electrons. The normalized spacial score (nSPS) is 12.8. The van der Waals surface area contributed by atoms with E-state index in [0.29, 0.717) is 11.5 Å². The van der Waals surface area contributed by atoms with Gasteiger partial charge in [0.05, 0.1) is 13.3 Å². The second kappa shape index (κ2) is 4.02. The summed E-state index contributed by atoms with van der Waals surface area (Å²) >= 11 is 0. The average Bonchev–Trinajstić information content (AvgIpc) is 2.83. The van der Waals surface area contributed by atoms with Crippen LogP contribution < -0.4 is 10.5 Å². The van der Waals surface area contributed by atoms with Gasteiger partial charge in [0.15, 0.2) is 5.75 Å². The summed E-state index contributed by atoms with van der Waals surface area (Å²) in [5, 5.41) is 4.11. The largest absolute Gasteiger partial charge is 0.493 e. The van der Waals surface area contributed by atoms with Gasteiger partial charge in [-0.15, -0.1) is 0 Å². The van der Waals surface area contributed by atoms with E-state index in [4.69, 9.17) is 14.9 Å². The van der Waals surface area contributed by atoms with E-state index in [2.05, 4.69) is 5.10 Å². The van der Waals surface area contributed by atoms with Crippen LogP contribution in [0.15, 0.2) is 22.7 Å². The van der Waals surface area contributed by atoms with Gasteiger partial charge < -0.3 is 14.9 Å². The third kappa shape index (κ3) is 1.69. The van der Waals surface area contributed by atoms with Crippen LogP contribution in [0, 0.1) is 6.92 Å². The highest BCUT2D eigenvalue weighted by Crippen LogP contribution is 2.28. The summed E-state index contributed by atoms with van der Waals surface area (Å²) in [7, 11) is 3.42. The molecule has 5 nitrogen and oxygen atoms in total. The maximum Gasteiger partial charge on any atom is 0.162 e. The Bertz CT molecular complexity index is 487. The first-order valence-electron chi connectivity index (χ1n) is 5.01. The molecule has 5 heteroatoms. The van der Waals surface area contributed by atoms with Crippen molar-refractivity contribution in [3.05, 3.63) is 35.5 Å². The van der Waals surface area contributed by atoms with Crippen LogP contribution in [-0.2, 0) is 7.05 Å². The summed E-state index contributed by atoms with van der Waals surface area (Å²) in [5.74, 6) is 2.22. The summed E-state index contributed by atoms with van der Waals surface area (Å²) in [6.07, 6.45) is 1.64. The van der Waals surface area contributed by atoms with Crippen molar-refractivity contribution in [1.29, 1.82) is 0 Å². The van der Waals surface area contributed by atoms with E-state index < -0.39 is 0 Å². The molecule has 0 fully saturated rings. The molecule has 2 N–H and O–H groups in total. The molecule has 0 aliphatic carbocycles. The van der Waals surface area contributed by atoms with E-state index in [9.17, 15) is 0 Å². The van der Waals surface area contributed by atoms with Crippen LogP contribution in [-0.4, -0.2) is 16.9 Å². The first kappa shape index (κ1) is 10.8. The molecule has 1 unspecified atom stereocenters. The summed E-state index contributed by atoms with van der Waals surface area (Å²) in [4.78, 5) is 0. The SMILES string of the molecule is COc1cnn(C)c1C(N)c1ccc(C)o1. The van der Waals surface area contributed by atoms with Crippen molar-refractivity contribution in [2.75, 3.05) is 7.11 Å². The van der Waals surface area contributed by atoms with E-state index in [1.54, 1.807) is 18.0 Å². The minimum absolute atomic E-state index is 0.365. The molecule has 0 aliphatic rings. The lowest BCUT2D eigenvalue weighted by molar-refractivity contribution is 0.397. The molecule has 0 aromatic carbocycles. The number of hydrogen-bond acceptors (Lipinski definition) is 4. The number of aryl methyl sites for hydroxylation is 2. The first-order chi connectivity index (χ1) is 7.63. The fourth-order valence-corrected chi connectivity index (χ4v) is 1.69. The number of methoxy groups -OCH3 is 1. The molecule has 2 aromatic rings. The summed E-state index contributed by atoms with van der Waals surface area (Å²) in [6.45, 7) is 1.89. The number of furan rings is 1. The van der Waals surface area contributed by atoms with Gasteiger partial charge >= 0.3 is 0 Å². The summed E-state index contributed by atoms with van der Waals surface area (Å²) in [6, 6.07) is 3.39. The van der Waals surface area contributed by atoms with Crippen LogP contribution in [0.5, 0.6) is 5.75 Å². The van der Waals surface area contributed by atoms with Gasteiger partial charge in [0.2, 0.25) is 0 Å². The standard InChI is InChI=1S/C11H15N3O2/c1-7-4-5-8(16-7)10(12)11-9(15-3)6-13-14(11)2/h4-6,10H,12H2,1-3H3. The predicted molar refractivity (Wildman–Crippen MR) is 59.2 cm³/mol. The number of ether oxygens (including phenoxy) is 1. The first-order valence-corrected chi connectivity index (χ1v) is 5.01. The van der Waals surface area contributed by atoms with Crippen LogP contribution in [0.25, 0.3) is 0 Å². The van der Waals surface area contributed by atoms with E-state index in [1.165, 1.54) is 0 Å². The molecule has 0 saturated carbocycles. The molecule has 0 aliphatic heterocycles. The lowest BCUT2D eigenvalue weighted by Crippen LogP contribution is -2.16. The average molecular weight is 221 g/mol. The zero-order valence-corrected chi connectivity index (χ0v) is 9.60. The van der Waals surface area contributed by atoms with Gasteiger partial charge in [0.25, 0.3) is 0 Å². The van der Waals surface area contributed by atoms with E-state index in [1.807, 2.05) is 26.1 Å². The van der Waals surface area contributed by atoms with Gasteiger partial charge in [-0.05, 0) is 19.1 Å². The minimum Gasteiger partial charge on any atom is -0.493 e. The molecule has 0 saturated heterocycles. The monoisotopic (exact) mass is 221 g/mol. The zero-order valence-electron chi connectivity index (χ0n) is 9.60. The van der Waals surface area contributed by atoms with Gasteiger partial charge in [0.1, 0.15) is 23.3 Å². The number of aromatic nitrogens is 2. The molecule has 2 aromatic heterocycles. The van der Waals surface area contributed by atoms with Gasteiger partial charge in [-0.25, -0.2) is 0 Å². The van der Waals surface area contributed by atoms with Crippen LogP contribution in [0.2, 0.25) is 0 Å². The number of nitrogens with two attached hydrogens (primary N) is 1. The molecular formula is C11H15N3O2. The molecule has 2 rings (SSSR count). The second-order valence-corrected chi connectivity index (χ2v) is 3.65. The lowest BCUT2D eigenvalue weighted by atomic mass is 10.1. The summed E-state index contributed by atoms with van der Waals surface area (Å²) in [5.41, 5.74) is 6.92. The van der Waals surface area contributed by atoms with Crippen molar-refractivity contribution in [3.63, 3.8) is 0 Å². The Balaban J connectivity index is 2.40. The third-order valence-corrected chi connectivity index (χ3v) is 2.53. The van der Waals surface area contributed by atoms with Gasteiger partial charge in [-0.2, -0.15) is 5.10 Å². The number of nitrogens with zero attached hydrogens (tertiary/aromatic N) is 2. The minimum atomic E-state index is -0.365. The molecule has 0 amide bonds.